The molecule has 5 heteroatoms. The van der Waals surface area contributed by atoms with E-state index < -0.39 is 0 Å². The second-order valence-electron chi connectivity index (χ2n) is 5.53. The van der Waals surface area contributed by atoms with E-state index in [-0.39, 0.29) is 0 Å². The van der Waals surface area contributed by atoms with Gasteiger partial charge in [0, 0.05) is 22.7 Å². The summed E-state index contributed by atoms with van der Waals surface area (Å²) in [5.74, 6) is 1.45. The van der Waals surface area contributed by atoms with E-state index >= 15 is 0 Å². The first-order chi connectivity index (χ1) is 10.1. The van der Waals surface area contributed by atoms with Crippen LogP contribution in [-0.4, -0.2) is 14.5 Å². The Morgan fingerprint density at radius 3 is 2.81 bits per heavy atom. The number of nitrogens with zero attached hydrogens (tertiary/aromatic N) is 3. The molecular weight excluding hydrogens is 280 g/mol. The van der Waals surface area contributed by atoms with Crippen molar-refractivity contribution < 1.29 is 0 Å². The molecule has 0 saturated carbocycles. The molecule has 0 saturated heterocycles. The van der Waals surface area contributed by atoms with Gasteiger partial charge in [-0.2, -0.15) is 0 Å². The standard InChI is InChI=1S/C16H20N4S/c1-4-12-8-18-15(21-12)9-20-14-6-5-11(17)7-13(14)19-16(20)10(2)3/h5-8,10H,4,9,17H2,1-3H3. The third kappa shape index (κ3) is 2.65. The summed E-state index contributed by atoms with van der Waals surface area (Å²) >= 11 is 1.78. The highest BCUT2D eigenvalue weighted by Crippen LogP contribution is 2.25. The number of imidazole rings is 1. The van der Waals surface area contributed by atoms with Gasteiger partial charge in [0.2, 0.25) is 0 Å². The number of thiazole rings is 1. The molecule has 110 valence electrons. The van der Waals surface area contributed by atoms with Crippen LogP contribution in [0.1, 0.15) is 42.4 Å². The van der Waals surface area contributed by atoms with E-state index in [4.69, 9.17) is 10.7 Å². The number of nitrogen functional groups attached to an aromatic ring is 1. The fraction of sp³-hybridized carbons (Fsp3) is 0.375. The van der Waals surface area contributed by atoms with Crippen molar-refractivity contribution in [2.24, 2.45) is 0 Å². The number of hydrogen-bond acceptors (Lipinski definition) is 4. The van der Waals surface area contributed by atoms with Crippen LogP contribution < -0.4 is 5.73 Å². The highest BCUT2D eigenvalue weighted by atomic mass is 32.1. The Hall–Kier alpha value is -1.88. The van der Waals surface area contributed by atoms with Crippen LogP contribution >= 0.6 is 11.3 Å². The summed E-state index contributed by atoms with van der Waals surface area (Å²) < 4.78 is 2.26. The van der Waals surface area contributed by atoms with E-state index in [1.54, 1.807) is 11.3 Å². The normalized spacial score (nSPS) is 11.6. The predicted octanol–water partition coefficient (Wildman–Crippen LogP) is 3.81. The van der Waals surface area contributed by atoms with Crippen LogP contribution in [0.15, 0.2) is 24.4 Å². The van der Waals surface area contributed by atoms with Crippen LogP contribution in [0.25, 0.3) is 11.0 Å². The molecule has 0 unspecified atom stereocenters. The number of benzene rings is 1. The van der Waals surface area contributed by atoms with Gasteiger partial charge in [0.05, 0.1) is 17.6 Å². The molecule has 0 spiro atoms. The topological polar surface area (TPSA) is 56.7 Å². The third-order valence-corrected chi connectivity index (χ3v) is 4.69. The molecule has 0 fully saturated rings. The maximum atomic E-state index is 5.87. The summed E-state index contributed by atoms with van der Waals surface area (Å²) in [7, 11) is 0. The lowest BCUT2D eigenvalue weighted by Gasteiger charge is -2.09. The Kier molecular flexibility index (Phi) is 3.68. The molecule has 1 aromatic carbocycles. The van der Waals surface area contributed by atoms with E-state index in [0.29, 0.717) is 5.92 Å². The van der Waals surface area contributed by atoms with Crippen molar-refractivity contribution in [2.45, 2.75) is 39.7 Å². The minimum absolute atomic E-state index is 0.365. The van der Waals surface area contributed by atoms with E-state index in [0.717, 1.165) is 40.5 Å². The summed E-state index contributed by atoms with van der Waals surface area (Å²) in [5, 5.41) is 1.13. The molecule has 0 aliphatic carbocycles. The summed E-state index contributed by atoms with van der Waals surface area (Å²) in [5.41, 5.74) is 8.72. The van der Waals surface area contributed by atoms with Crippen LogP contribution in [0.3, 0.4) is 0 Å². The van der Waals surface area contributed by atoms with Gasteiger partial charge in [-0.3, -0.25) is 0 Å². The first kappa shape index (κ1) is 14.1. The monoisotopic (exact) mass is 300 g/mol. The summed E-state index contributed by atoms with van der Waals surface area (Å²) in [6.07, 6.45) is 3.02. The highest BCUT2D eigenvalue weighted by molar-refractivity contribution is 7.11. The van der Waals surface area contributed by atoms with Crippen LogP contribution in [0.5, 0.6) is 0 Å². The third-order valence-electron chi connectivity index (χ3n) is 3.56. The lowest BCUT2D eigenvalue weighted by atomic mass is 10.2. The summed E-state index contributed by atoms with van der Waals surface area (Å²) in [6.45, 7) is 7.27. The van der Waals surface area contributed by atoms with Gasteiger partial charge in [-0.15, -0.1) is 11.3 Å². The lowest BCUT2D eigenvalue weighted by molar-refractivity contribution is 0.681. The molecule has 21 heavy (non-hydrogen) atoms. The van der Waals surface area contributed by atoms with Crippen molar-refractivity contribution in [3.8, 4) is 0 Å². The minimum atomic E-state index is 0.365. The smallest absolute Gasteiger partial charge is 0.113 e. The van der Waals surface area contributed by atoms with Crippen LogP contribution in [0.4, 0.5) is 5.69 Å². The van der Waals surface area contributed by atoms with E-state index in [1.165, 1.54) is 4.88 Å². The second kappa shape index (κ2) is 5.48. The number of hydrogen-bond donors (Lipinski definition) is 1. The van der Waals surface area contributed by atoms with Crippen LogP contribution in [0.2, 0.25) is 0 Å². The molecule has 0 aliphatic heterocycles. The van der Waals surface area contributed by atoms with Crippen molar-refractivity contribution in [3.05, 3.63) is 40.1 Å². The average Bonchev–Trinajstić information content (AvgIpc) is 3.04. The summed E-state index contributed by atoms with van der Waals surface area (Å²) in [6, 6.07) is 5.93. The van der Waals surface area contributed by atoms with E-state index in [9.17, 15) is 0 Å². The number of fused-ring (bicyclic) bond motifs is 1. The van der Waals surface area contributed by atoms with Gasteiger partial charge in [0.1, 0.15) is 10.8 Å². The van der Waals surface area contributed by atoms with Crippen LogP contribution in [0, 0.1) is 0 Å². The SMILES string of the molecule is CCc1cnc(Cn2c(C(C)C)nc3cc(N)ccc32)s1. The van der Waals surface area contributed by atoms with Gasteiger partial charge in [-0.1, -0.05) is 20.8 Å². The first-order valence-electron chi connectivity index (χ1n) is 7.27. The van der Waals surface area contributed by atoms with E-state index in [1.807, 2.05) is 18.3 Å². The molecule has 2 N–H and O–H groups in total. The van der Waals surface area contributed by atoms with Crippen molar-refractivity contribution in [1.82, 2.24) is 14.5 Å². The zero-order valence-corrected chi connectivity index (χ0v) is 13.4. The van der Waals surface area contributed by atoms with Gasteiger partial charge >= 0.3 is 0 Å². The van der Waals surface area contributed by atoms with Gasteiger partial charge in [-0.05, 0) is 24.6 Å². The molecule has 0 atom stereocenters. The van der Waals surface area contributed by atoms with Crippen molar-refractivity contribution in [3.63, 3.8) is 0 Å². The molecular formula is C16H20N4S. The second-order valence-corrected chi connectivity index (χ2v) is 6.73. The molecule has 2 aromatic heterocycles. The zero-order valence-electron chi connectivity index (χ0n) is 12.6. The number of nitrogens with two attached hydrogens (primary N) is 1. The molecule has 0 radical (unpaired) electrons. The fourth-order valence-electron chi connectivity index (χ4n) is 2.49. The average molecular weight is 300 g/mol. The first-order valence-corrected chi connectivity index (χ1v) is 8.09. The van der Waals surface area contributed by atoms with Crippen molar-refractivity contribution in [2.75, 3.05) is 5.73 Å². The van der Waals surface area contributed by atoms with Gasteiger partial charge in [-0.25, -0.2) is 9.97 Å². The molecule has 0 amide bonds. The quantitative estimate of drug-likeness (QED) is 0.745. The molecule has 3 aromatic rings. The maximum Gasteiger partial charge on any atom is 0.113 e. The Balaban J connectivity index is 2.08. The van der Waals surface area contributed by atoms with E-state index in [2.05, 4.69) is 36.4 Å². The largest absolute Gasteiger partial charge is 0.399 e. The lowest BCUT2D eigenvalue weighted by Crippen LogP contribution is -2.06. The van der Waals surface area contributed by atoms with Gasteiger partial charge in [0.25, 0.3) is 0 Å². The Morgan fingerprint density at radius 2 is 2.14 bits per heavy atom. The van der Waals surface area contributed by atoms with Crippen LogP contribution in [-0.2, 0) is 13.0 Å². The number of aromatic nitrogens is 3. The molecule has 3 rings (SSSR count). The minimum Gasteiger partial charge on any atom is -0.399 e. The molecule has 2 heterocycles. The predicted molar refractivity (Wildman–Crippen MR) is 88.8 cm³/mol. The van der Waals surface area contributed by atoms with Gasteiger partial charge < -0.3 is 10.3 Å². The molecule has 0 aliphatic rings. The van der Waals surface area contributed by atoms with Gasteiger partial charge in [0.15, 0.2) is 0 Å². The number of rotatable bonds is 4. The fourth-order valence-corrected chi connectivity index (χ4v) is 3.34. The number of aryl methyl sites for hydroxylation is 1. The Labute approximate surface area is 128 Å². The van der Waals surface area contributed by atoms with Crippen molar-refractivity contribution in [1.29, 1.82) is 0 Å². The zero-order chi connectivity index (χ0) is 15.0. The summed E-state index contributed by atoms with van der Waals surface area (Å²) in [4.78, 5) is 10.6. The highest BCUT2D eigenvalue weighted by Gasteiger charge is 2.15. The maximum absolute atomic E-state index is 5.87. The van der Waals surface area contributed by atoms with Crippen molar-refractivity contribution >= 4 is 28.1 Å². The Bertz CT molecular complexity index is 770. The molecule has 4 nitrogen and oxygen atoms in total. The molecule has 0 bridgehead atoms. The number of anilines is 1. The Morgan fingerprint density at radius 1 is 1.33 bits per heavy atom.